The summed E-state index contributed by atoms with van der Waals surface area (Å²) in [6.45, 7) is 1.37. The molecule has 0 aliphatic heterocycles. The van der Waals surface area contributed by atoms with Crippen LogP contribution in [-0.2, 0) is 9.59 Å². The molecule has 2 N–H and O–H groups in total. The number of nitrogens with one attached hydrogen (secondary N) is 1. The van der Waals surface area contributed by atoms with Gasteiger partial charge in [0.05, 0.1) is 8.95 Å². The summed E-state index contributed by atoms with van der Waals surface area (Å²) >= 11 is 6.60. The van der Waals surface area contributed by atoms with Gasteiger partial charge < -0.3 is 15.2 Å². The van der Waals surface area contributed by atoms with Gasteiger partial charge in [-0.25, -0.2) is 4.79 Å². The molecule has 2 aromatic rings. The first kappa shape index (κ1) is 20.7. The summed E-state index contributed by atoms with van der Waals surface area (Å²) in [6.07, 6.45) is 1.43. The highest BCUT2D eigenvalue weighted by atomic mass is 79.9. The van der Waals surface area contributed by atoms with Gasteiger partial charge >= 0.3 is 5.97 Å². The third-order valence-corrected chi connectivity index (χ3v) is 4.61. The Morgan fingerprint density at radius 3 is 2.44 bits per heavy atom. The van der Waals surface area contributed by atoms with E-state index in [4.69, 9.17) is 9.84 Å². The molecule has 1 amide bonds. The number of ether oxygens (including phenoxy) is 1. The van der Waals surface area contributed by atoms with Crippen molar-refractivity contribution in [2.45, 2.75) is 6.92 Å². The summed E-state index contributed by atoms with van der Waals surface area (Å²) in [5.41, 5.74) is 2.00. The number of anilines is 1. The number of aliphatic carboxylic acids is 1. The summed E-state index contributed by atoms with van der Waals surface area (Å²) < 4.78 is 6.17. The fourth-order valence-corrected chi connectivity index (χ4v) is 3.60. The SMILES string of the molecule is Cc1ccccc1NC(=O)/C(C#N)=C\c1cc(Br)c(OCC(=O)O)c(Br)c1. The zero-order valence-corrected chi connectivity index (χ0v) is 17.3. The molecule has 0 bridgehead atoms. The third kappa shape index (κ3) is 5.67. The number of hydrogen-bond acceptors (Lipinski definition) is 4. The zero-order chi connectivity index (χ0) is 20.0. The molecule has 0 spiro atoms. The van der Waals surface area contributed by atoms with Crippen molar-refractivity contribution in [3.63, 3.8) is 0 Å². The van der Waals surface area contributed by atoms with E-state index >= 15 is 0 Å². The lowest BCUT2D eigenvalue weighted by Gasteiger charge is -2.10. The van der Waals surface area contributed by atoms with E-state index in [2.05, 4.69) is 37.2 Å². The standard InChI is InChI=1S/C19H14Br2N2O4/c1-11-4-2-3-5-16(11)23-19(26)13(9-22)6-12-7-14(20)18(15(21)8-12)27-10-17(24)25/h2-8H,10H2,1H3,(H,23,26)(H,24,25)/b13-6-. The predicted octanol–water partition coefficient (Wildman–Crippen LogP) is 4.53. The number of nitriles is 1. The maximum atomic E-state index is 12.4. The third-order valence-electron chi connectivity index (χ3n) is 3.43. The van der Waals surface area contributed by atoms with Gasteiger partial charge in [-0.15, -0.1) is 0 Å². The monoisotopic (exact) mass is 492 g/mol. The molecule has 0 heterocycles. The second kappa shape index (κ2) is 9.35. The Hall–Kier alpha value is -2.63. The molecule has 2 rings (SSSR count). The van der Waals surface area contributed by atoms with Crippen molar-refractivity contribution < 1.29 is 19.4 Å². The summed E-state index contributed by atoms with van der Waals surface area (Å²) in [6, 6.07) is 12.4. The van der Waals surface area contributed by atoms with Crippen LogP contribution >= 0.6 is 31.9 Å². The lowest BCUT2D eigenvalue weighted by Crippen LogP contribution is -2.14. The van der Waals surface area contributed by atoms with E-state index in [0.29, 0.717) is 25.9 Å². The van der Waals surface area contributed by atoms with E-state index in [1.807, 2.05) is 25.1 Å². The van der Waals surface area contributed by atoms with E-state index in [9.17, 15) is 14.9 Å². The van der Waals surface area contributed by atoms with E-state index in [1.165, 1.54) is 6.08 Å². The van der Waals surface area contributed by atoms with Crippen LogP contribution in [0.3, 0.4) is 0 Å². The minimum atomic E-state index is -1.10. The lowest BCUT2D eigenvalue weighted by atomic mass is 10.1. The predicted molar refractivity (Wildman–Crippen MR) is 108 cm³/mol. The molecule has 0 atom stereocenters. The van der Waals surface area contributed by atoms with Gasteiger partial charge in [0.1, 0.15) is 17.4 Å². The van der Waals surface area contributed by atoms with Crippen molar-refractivity contribution in [1.82, 2.24) is 0 Å². The Labute approximate surface area is 172 Å². The fraction of sp³-hybridized carbons (Fsp3) is 0.105. The molecular weight excluding hydrogens is 480 g/mol. The molecule has 2 aromatic carbocycles. The van der Waals surface area contributed by atoms with Crippen LogP contribution in [0.1, 0.15) is 11.1 Å². The Morgan fingerprint density at radius 2 is 1.89 bits per heavy atom. The number of carboxylic acids is 1. The van der Waals surface area contributed by atoms with E-state index in [-0.39, 0.29) is 5.57 Å². The number of nitrogens with zero attached hydrogens (tertiary/aromatic N) is 1. The molecule has 0 saturated carbocycles. The van der Waals surface area contributed by atoms with Crippen LogP contribution in [-0.4, -0.2) is 23.6 Å². The first-order chi connectivity index (χ1) is 12.8. The lowest BCUT2D eigenvalue weighted by molar-refractivity contribution is -0.139. The van der Waals surface area contributed by atoms with Crippen LogP contribution in [0.4, 0.5) is 5.69 Å². The number of amides is 1. The molecule has 0 radical (unpaired) electrons. The molecule has 0 saturated heterocycles. The second-order valence-electron chi connectivity index (χ2n) is 5.43. The minimum Gasteiger partial charge on any atom is -0.480 e. The molecule has 6 nitrogen and oxygen atoms in total. The molecule has 0 aliphatic rings. The van der Waals surface area contributed by atoms with Crippen LogP contribution in [0.25, 0.3) is 6.08 Å². The van der Waals surface area contributed by atoms with Gasteiger partial charge in [-0.3, -0.25) is 4.79 Å². The zero-order valence-electron chi connectivity index (χ0n) is 14.1. The molecule has 27 heavy (non-hydrogen) atoms. The Morgan fingerprint density at radius 1 is 1.26 bits per heavy atom. The largest absolute Gasteiger partial charge is 0.480 e. The van der Waals surface area contributed by atoms with Crippen LogP contribution in [0, 0.1) is 18.3 Å². The number of aryl methyl sites for hydroxylation is 1. The second-order valence-corrected chi connectivity index (χ2v) is 7.14. The summed E-state index contributed by atoms with van der Waals surface area (Å²) in [5, 5.41) is 20.8. The van der Waals surface area contributed by atoms with Crippen molar-refractivity contribution in [3.8, 4) is 11.8 Å². The van der Waals surface area contributed by atoms with E-state index in [0.717, 1.165) is 5.56 Å². The molecule has 0 unspecified atom stereocenters. The van der Waals surface area contributed by atoms with Gasteiger partial charge in [-0.2, -0.15) is 5.26 Å². The smallest absolute Gasteiger partial charge is 0.341 e. The summed E-state index contributed by atoms with van der Waals surface area (Å²) in [4.78, 5) is 23.0. The highest BCUT2D eigenvalue weighted by Crippen LogP contribution is 2.35. The van der Waals surface area contributed by atoms with Crippen molar-refractivity contribution in [2.75, 3.05) is 11.9 Å². The number of carbonyl (C=O) groups is 2. The van der Waals surface area contributed by atoms with E-state index in [1.54, 1.807) is 24.3 Å². The Bertz CT molecular complexity index is 941. The van der Waals surface area contributed by atoms with Crippen molar-refractivity contribution in [1.29, 1.82) is 5.26 Å². The summed E-state index contributed by atoms with van der Waals surface area (Å²) in [7, 11) is 0. The Balaban J connectivity index is 2.27. The molecule has 0 aromatic heterocycles. The fourth-order valence-electron chi connectivity index (χ4n) is 2.15. The number of benzene rings is 2. The van der Waals surface area contributed by atoms with Gasteiger partial charge in [0.15, 0.2) is 6.61 Å². The van der Waals surface area contributed by atoms with Gasteiger partial charge in [0, 0.05) is 5.69 Å². The van der Waals surface area contributed by atoms with Crippen molar-refractivity contribution in [3.05, 3.63) is 62.0 Å². The van der Waals surface area contributed by atoms with Crippen LogP contribution in [0.2, 0.25) is 0 Å². The number of para-hydroxylation sites is 1. The number of carbonyl (C=O) groups excluding carboxylic acids is 1. The number of hydrogen-bond donors (Lipinski definition) is 2. The normalized spacial score (nSPS) is 10.8. The maximum absolute atomic E-state index is 12.4. The van der Waals surface area contributed by atoms with Gasteiger partial charge in [-0.05, 0) is 74.2 Å². The topological polar surface area (TPSA) is 99.4 Å². The molecule has 138 valence electrons. The minimum absolute atomic E-state index is 0.0729. The van der Waals surface area contributed by atoms with Crippen molar-refractivity contribution >= 4 is 55.5 Å². The number of rotatable bonds is 6. The number of halogens is 2. The average Bonchev–Trinajstić information content (AvgIpc) is 2.60. The van der Waals surface area contributed by atoms with Gasteiger partial charge in [-0.1, -0.05) is 18.2 Å². The average molecular weight is 494 g/mol. The van der Waals surface area contributed by atoms with Gasteiger partial charge in [0.25, 0.3) is 5.91 Å². The highest BCUT2D eigenvalue weighted by Gasteiger charge is 2.14. The van der Waals surface area contributed by atoms with Crippen LogP contribution < -0.4 is 10.1 Å². The number of carboxylic acid groups (broad SMARTS) is 1. The quantitative estimate of drug-likeness (QED) is 0.455. The molecule has 8 heteroatoms. The summed E-state index contributed by atoms with van der Waals surface area (Å²) in [5.74, 6) is -1.31. The first-order valence-electron chi connectivity index (χ1n) is 7.64. The molecule has 0 aliphatic carbocycles. The van der Waals surface area contributed by atoms with Gasteiger partial charge in [0.2, 0.25) is 0 Å². The molecule has 0 fully saturated rings. The maximum Gasteiger partial charge on any atom is 0.341 e. The molecular formula is C19H14Br2N2O4. The van der Waals surface area contributed by atoms with Crippen LogP contribution in [0.15, 0.2) is 50.9 Å². The van der Waals surface area contributed by atoms with Crippen molar-refractivity contribution in [2.24, 2.45) is 0 Å². The van der Waals surface area contributed by atoms with Crippen LogP contribution in [0.5, 0.6) is 5.75 Å². The highest BCUT2D eigenvalue weighted by molar-refractivity contribution is 9.11. The Kier molecular flexibility index (Phi) is 7.16. The van der Waals surface area contributed by atoms with E-state index < -0.39 is 18.5 Å². The first-order valence-corrected chi connectivity index (χ1v) is 9.23.